The Hall–Kier alpha value is -2.34. The molecule has 5 nitrogen and oxygen atoms in total. The van der Waals surface area contributed by atoms with E-state index in [1.165, 1.54) is 4.31 Å². The number of fused-ring (bicyclic) bond motifs is 3. The summed E-state index contributed by atoms with van der Waals surface area (Å²) in [6.07, 6.45) is 2.84. The predicted octanol–water partition coefficient (Wildman–Crippen LogP) is 3.05. The molecule has 26 heavy (non-hydrogen) atoms. The fourth-order valence-electron chi connectivity index (χ4n) is 3.76. The maximum atomic E-state index is 13.2. The number of aryl methyl sites for hydroxylation is 1. The van der Waals surface area contributed by atoms with E-state index >= 15 is 0 Å². The van der Waals surface area contributed by atoms with Crippen molar-refractivity contribution in [3.63, 3.8) is 0 Å². The van der Waals surface area contributed by atoms with Gasteiger partial charge in [-0.2, -0.15) is 0 Å². The summed E-state index contributed by atoms with van der Waals surface area (Å²) in [5, 5.41) is 0. The van der Waals surface area contributed by atoms with E-state index in [-0.39, 0.29) is 17.3 Å². The predicted molar refractivity (Wildman–Crippen MR) is 102 cm³/mol. The van der Waals surface area contributed by atoms with Gasteiger partial charge in [-0.1, -0.05) is 31.2 Å². The number of carbonyl (C=O) groups excluding carboxylic acids is 1. The van der Waals surface area contributed by atoms with E-state index in [4.69, 9.17) is 0 Å². The molecule has 2 aromatic carbocycles. The normalized spacial score (nSPS) is 17.7. The summed E-state index contributed by atoms with van der Waals surface area (Å²) in [4.78, 5) is 14.7. The van der Waals surface area contributed by atoms with Crippen molar-refractivity contribution in [3.05, 3.63) is 48.0 Å². The maximum absolute atomic E-state index is 13.2. The number of hydrogen-bond donors (Lipinski definition) is 0. The van der Waals surface area contributed by atoms with Crippen LogP contribution in [0.5, 0.6) is 0 Å². The lowest BCUT2D eigenvalue weighted by Crippen LogP contribution is -2.43. The summed E-state index contributed by atoms with van der Waals surface area (Å²) in [5.74, 6) is -0.129. The quantitative estimate of drug-likeness (QED) is 0.834. The molecule has 1 amide bonds. The summed E-state index contributed by atoms with van der Waals surface area (Å²) < 4.78 is 27.7. The Kier molecular flexibility index (Phi) is 4.23. The summed E-state index contributed by atoms with van der Waals surface area (Å²) in [6.45, 7) is 3.35. The van der Waals surface area contributed by atoms with Crippen molar-refractivity contribution in [1.29, 1.82) is 0 Å². The first kappa shape index (κ1) is 17.1. The van der Waals surface area contributed by atoms with Crippen LogP contribution in [0.25, 0.3) is 11.1 Å². The van der Waals surface area contributed by atoms with Crippen molar-refractivity contribution in [2.75, 3.05) is 23.9 Å². The number of anilines is 1. The second-order valence-corrected chi connectivity index (χ2v) is 8.63. The van der Waals surface area contributed by atoms with Crippen LogP contribution in [0.1, 0.15) is 25.3 Å². The maximum Gasteiger partial charge on any atom is 0.265 e. The monoisotopic (exact) mass is 370 g/mol. The minimum atomic E-state index is -3.75. The van der Waals surface area contributed by atoms with Gasteiger partial charge in [0.1, 0.15) is 6.54 Å². The number of amides is 1. The summed E-state index contributed by atoms with van der Waals surface area (Å²) in [6, 6.07) is 12.8. The van der Waals surface area contributed by atoms with Crippen LogP contribution in [0.3, 0.4) is 0 Å². The first-order chi connectivity index (χ1) is 12.5. The molecule has 2 heterocycles. The van der Waals surface area contributed by atoms with Gasteiger partial charge in [-0.05, 0) is 43.0 Å². The summed E-state index contributed by atoms with van der Waals surface area (Å²) in [7, 11) is -3.75. The average Bonchev–Trinajstić information content (AvgIpc) is 3.19. The van der Waals surface area contributed by atoms with Crippen molar-refractivity contribution in [3.8, 4) is 11.1 Å². The van der Waals surface area contributed by atoms with Crippen molar-refractivity contribution in [2.24, 2.45) is 0 Å². The largest absolute Gasteiger partial charge is 0.341 e. The van der Waals surface area contributed by atoms with Crippen LogP contribution < -0.4 is 4.31 Å². The van der Waals surface area contributed by atoms with Crippen molar-refractivity contribution in [1.82, 2.24) is 4.90 Å². The SMILES string of the molecule is CCc1ccc2c(c1)-c1ccccc1S(=O)(=O)N2CC(=O)N1CCCC1. The molecule has 0 aliphatic carbocycles. The Morgan fingerprint density at radius 2 is 1.77 bits per heavy atom. The Morgan fingerprint density at radius 3 is 2.50 bits per heavy atom. The van der Waals surface area contributed by atoms with Gasteiger partial charge in [0.05, 0.1) is 10.6 Å². The van der Waals surface area contributed by atoms with E-state index in [0.717, 1.165) is 30.4 Å². The van der Waals surface area contributed by atoms with Gasteiger partial charge in [-0.25, -0.2) is 8.42 Å². The highest BCUT2D eigenvalue weighted by molar-refractivity contribution is 7.93. The van der Waals surface area contributed by atoms with Crippen LogP contribution in [-0.4, -0.2) is 38.9 Å². The molecule has 136 valence electrons. The van der Waals surface area contributed by atoms with E-state index in [2.05, 4.69) is 6.92 Å². The minimum Gasteiger partial charge on any atom is -0.341 e. The zero-order valence-electron chi connectivity index (χ0n) is 14.8. The summed E-state index contributed by atoms with van der Waals surface area (Å²) >= 11 is 0. The lowest BCUT2D eigenvalue weighted by atomic mass is 9.99. The molecule has 0 saturated carbocycles. The zero-order valence-corrected chi connectivity index (χ0v) is 15.6. The molecule has 0 radical (unpaired) electrons. The Bertz CT molecular complexity index is 963. The number of likely N-dealkylation sites (tertiary alicyclic amines) is 1. The highest BCUT2D eigenvalue weighted by atomic mass is 32.2. The number of nitrogens with zero attached hydrogens (tertiary/aromatic N) is 2. The molecule has 2 aromatic rings. The molecular formula is C20H22N2O3S. The highest BCUT2D eigenvalue weighted by Crippen LogP contribution is 2.43. The Morgan fingerprint density at radius 1 is 1.04 bits per heavy atom. The number of rotatable bonds is 3. The Labute approximate surface area is 154 Å². The second-order valence-electron chi connectivity index (χ2n) is 6.80. The molecule has 6 heteroatoms. The molecule has 1 saturated heterocycles. The molecule has 4 rings (SSSR count). The molecule has 2 aliphatic heterocycles. The fourth-order valence-corrected chi connectivity index (χ4v) is 5.40. The molecule has 1 fully saturated rings. The van der Waals surface area contributed by atoms with Gasteiger partial charge in [0.25, 0.3) is 10.0 Å². The van der Waals surface area contributed by atoms with Gasteiger partial charge in [-0.3, -0.25) is 9.10 Å². The lowest BCUT2D eigenvalue weighted by molar-refractivity contribution is -0.128. The van der Waals surface area contributed by atoms with Gasteiger partial charge in [0.15, 0.2) is 0 Å². The van der Waals surface area contributed by atoms with E-state index in [1.807, 2.05) is 30.3 Å². The number of benzene rings is 2. The second kappa shape index (κ2) is 6.43. The van der Waals surface area contributed by atoms with Gasteiger partial charge in [0.2, 0.25) is 5.91 Å². The average molecular weight is 370 g/mol. The first-order valence-electron chi connectivity index (χ1n) is 9.05. The standard InChI is InChI=1S/C20H22N2O3S/c1-2-15-9-10-18-17(13-15)16-7-3-4-8-19(16)26(24,25)22(18)14-20(23)21-11-5-6-12-21/h3-4,7-10,13H,2,5-6,11-12,14H2,1H3. The molecule has 0 unspecified atom stereocenters. The Balaban J connectivity index is 1.83. The van der Waals surface area contributed by atoms with E-state index < -0.39 is 10.0 Å². The van der Waals surface area contributed by atoms with E-state index in [0.29, 0.717) is 24.3 Å². The fraction of sp³-hybridized carbons (Fsp3) is 0.350. The van der Waals surface area contributed by atoms with Crippen LogP contribution in [0.2, 0.25) is 0 Å². The van der Waals surface area contributed by atoms with E-state index in [9.17, 15) is 13.2 Å². The van der Waals surface area contributed by atoms with Crippen LogP contribution in [-0.2, 0) is 21.2 Å². The molecule has 2 aliphatic rings. The van der Waals surface area contributed by atoms with Gasteiger partial charge < -0.3 is 4.90 Å². The third-order valence-electron chi connectivity index (χ3n) is 5.22. The van der Waals surface area contributed by atoms with Gasteiger partial charge in [0, 0.05) is 24.2 Å². The summed E-state index contributed by atoms with van der Waals surface area (Å²) in [5.41, 5.74) is 3.32. The molecule has 0 N–H and O–H groups in total. The van der Waals surface area contributed by atoms with Crippen LogP contribution in [0.15, 0.2) is 47.4 Å². The first-order valence-corrected chi connectivity index (χ1v) is 10.5. The van der Waals surface area contributed by atoms with Crippen molar-refractivity contribution >= 4 is 21.6 Å². The van der Waals surface area contributed by atoms with Crippen molar-refractivity contribution < 1.29 is 13.2 Å². The van der Waals surface area contributed by atoms with Crippen LogP contribution >= 0.6 is 0 Å². The number of sulfonamides is 1. The van der Waals surface area contributed by atoms with Crippen LogP contribution in [0.4, 0.5) is 5.69 Å². The van der Waals surface area contributed by atoms with Crippen LogP contribution in [0, 0.1) is 0 Å². The van der Waals surface area contributed by atoms with E-state index in [1.54, 1.807) is 17.0 Å². The number of carbonyl (C=O) groups is 1. The van der Waals surface area contributed by atoms with Crippen molar-refractivity contribution in [2.45, 2.75) is 31.1 Å². The lowest BCUT2D eigenvalue weighted by Gasteiger charge is -2.33. The van der Waals surface area contributed by atoms with Gasteiger partial charge >= 0.3 is 0 Å². The smallest absolute Gasteiger partial charge is 0.265 e. The minimum absolute atomic E-state index is 0.129. The molecular weight excluding hydrogens is 348 g/mol. The molecule has 0 spiro atoms. The number of hydrogen-bond acceptors (Lipinski definition) is 3. The topological polar surface area (TPSA) is 57.7 Å². The third kappa shape index (κ3) is 2.69. The third-order valence-corrected chi connectivity index (χ3v) is 7.04. The van der Waals surface area contributed by atoms with Gasteiger partial charge in [-0.15, -0.1) is 0 Å². The molecule has 0 bridgehead atoms. The molecule has 0 aromatic heterocycles. The zero-order chi connectivity index (χ0) is 18.3. The highest BCUT2D eigenvalue weighted by Gasteiger charge is 2.36. The molecule has 0 atom stereocenters.